The number of hydrogen-bond donors (Lipinski definition) is 0. The van der Waals surface area contributed by atoms with Gasteiger partial charge in [0.1, 0.15) is 11.6 Å². The fraction of sp³-hybridized carbons (Fsp3) is 0.385. The van der Waals surface area contributed by atoms with Crippen molar-refractivity contribution in [1.82, 2.24) is 0 Å². The van der Waals surface area contributed by atoms with Gasteiger partial charge in [-0.25, -0.2) is 4.39 Å². The van der Waals surface area contributed by atoms with Crippen molar-refractivity contribution < 1.29 is 28.2 Å². The van der Waals surface area contributed by atoms with Crippen molar-refractivity contribution in [3.63, 3.8) is 0 Å². The molecule has 4 rings (SSSR count). The van der Waals surface area contributed by atoms with E-state index >= 15 is 0 Å². The molecular weight excluding hydrogens is 425 g/mol. The highest BCUT2D eigenvalue weighted by Gasteiger charge is 2.45. The highest BCUT2D eigenvalue weighted by molar-refractivity contribution is 6.08. The van der Waals surface area contributed by atoms with Crippen LogP contribution in [0.3, 0.4) is 0 Å². The lowest BCUT2D eigenvalue weighted by atomic mass is 9.69. The van der Waals surface area contributed by atoms with Crippen LogP contribution in [0, 0.1) is 11.2 Å². The number of rotatable bonds is 5. The Balaban J connectivity index is 1.96. The highest BCUT2D eigenvalue weighted by Crippen LogP contribution is 2.51. The van der Waals surface area contributed by atoms with Gasteiger partial charge >= 0.3 is 0 Å². The van der Waals surface area contributed by atoms with Crippen LogP contribution in [0.1, 0.15) is 44.6 Å². The van der Waals surface area contributed by atoms with E-state index in [1.54, 1.807) is 30.3 Å². The molecule has 33 heavy (non-hydrogen) atoms. The van der Waals surface area contributed by atoms with Crippen LogP contribution in [0.5, 0.6) is 17.2 Å². The van der Waals surface area contributed by atoms with Crippen molar-refractivity contribution in [1.29, 1.82) is 0 Å². The van der Waals surface area contributed by atoms with Gasteiger partial charge in [-0.05, 0) is 30.0 Å². The summed E-state index contributed by atoms with van der Waals surface area (Å²) in [5.74, 6) is 0.100. The fourth-order valence-electron chi connectivity index (χ4n) is 4.92. The van der Waals surface area contributed by atoms with E-state index in [0.717, 1.165) is 0 Å². The number of amides is 1. The molecule has 1 heterocycles. The van der Waals surface area contributed by atoms with Crippen LogP contribution in [-0.4, -0.2) is 33.0 Å². The molecule has 0 fully saturated rings. The first kappa shape index (κ1) is 22.8. The number of ketones is 1. The molecule has 1 amide bonds. The monoisotopic (exact) mass is 453 g/mol. The van der Waals surface area contributed by atoms with E-state index in [1.165, 1.54) is 32.3 Å². The van der Waals surface area contributed by atoms with E-state index in [4.69, 9.17) is 14.2 Å². The number of nitrogens with zero attached hydrogens (tertiary/aromatic N) is 1. The summed E-state index contributed by atoms with van der Waals surface area (Å²) in [5.41, 5.74) is 1.56. The van der Waals surface area contributed by atoms with Crippen LogP contribution in [-0.2, 0) is 9.59 Å². The van der Waals surface area contributed by atoms with Crippen LogP contribution >= 0.6 is 0 Å². The van der Waals surface area contributed by atoms with Gasteiger partial charge in [0.25, 0.3) is 0 Å². The maximum Gasteiger partial charge on any atom is 0.232 e. The largest absolute Gasteiger partial charge is 0.496 e. The molecule has 0 saturated heterocycles. The summed E-state index contributed by atoms with van der Waals surface area (Å²) < 4.78 is 31.2. The molecule has 174 valence electrons. The Morgan fingerprint density at radius 2 is 1.58 bits per heavy atom. The Labute approximate surface area is 192 Å². The Morgan fingerprint density at radius 1 is 0.939 bits per heavy atom. The molecule has 0 saturated carbocycles. The van der Waals surface area contributed by atoms with Crippen molar-refractivity contribution in [2.45, 2.75) is 39.0 Å². The standard InChI is InChI=1S/C26H28FNO5/c1-26(2)13-19-25(20(29)14-26)16(11-24(30)28(19)18-9-7-6-8-17(18)27)15-10-22(32-4)23(33-5)12-21(15)31-3/h6-10,12,16H,11,13-14H2,1-5H3. The molecule has 2 aromatic carbocycles. The number of allylic oxidation sites excluding steroid dienone is 2. The van der Waals surface area contributed by atoms with E-state index in [2.05, 4.69) is 0 Å². The second kappa shape index (κ2) is 8.54. The van der Waals surface area contributed by atoms with E-state index in [-0.39, 0.29) is 29.2 Å². The summed E-state index contributed by atoms with van der Waals surface area (Å²) in [6.45, 7) is 3.97. The van der Waals surface area contributed by atoms with Crippen molar-refractivity contribution in [3.8, 4) is 17.2 Å². The highest BCUT2D eigenvalue weighted by atomic mass is 19.1. The molecule has 1 unspecified atom stereocenters. The van der Waals surface area contributed by atoms with Gasteiger partial charge in [0, 0.05) is 41.7 Å². The quantitative estimate of drug-likeness (QED) is 0.636. The van der Waals surface area contributed by atoms with Gasteiger partial charge in [0.15, 0.2) is 17.3 Å². The molecule has 0 bridgehead atoms. The first-order valence-electron chi connectivity index (χ1n) is 10.8. The van der Waals surface area contributed by atoms with E-state index in [0.29, 0.717) is 46.9 Å². The Kier molecular flexibility index (Phi) is 5.91. The third-order valence-electron chi connectivity index (χ3n) is 6.35. The van der Waals surface area contributed by atoms with Crippen LogP contribution < -0.4 is 19.1 Å². The fourth-order valence-corrected chi connectivity index (χ4v) is 4.92. The lowest BCUT2D eigenvalue weighted by Crippen LogP contribution is -2.44. The van der Waals surface area contributed by atoms with Gasteiger partial charge in [-0.1, -0.05) is 26.0 Å². The Bertz CT molecular complexity index is 1150. The van der Waals surface area contributed by atoms with Crippen LogP contribution in [0.2, 0.25) is 0 Å². The van der Waals surface area contributed by atoms with E-state index < -0.39 is 11.7 Å². The molecule has 0 aromatic heterocycles. The summed E-state index contributed by atoms with van der Waals surface area (Å²) in [6.07, 6.45) is 0.822. The summed E-state index contributed by atoms with van der Waals surface area (Å²) in [5, 5.41) is 0. The molecule has 0 N–H and O–H groups in total. The molecular formula is C26H28FNO5. The van der Waals surface area contributed by atoms with E-state index in [9.17, 15) is 14.0 Å². The average molecular weight is 454 g/mol. The third kappa shape index (κ3) is 3.96. The van der Waals surface area contributed by atoms with Gasteiger partial charge in [-0.3, -0.25) is 14.5 Å². The average Bonchev–Trinajstić information content (AvgIpc) is 2.77. The Hall–Kier alpha value is -3.35. The van der Waals surface area contributed by atoms with Gasteiger partial charge in [0.2, 0.25) is 5.91 Å². The number of para-hydroxylation sites is 1. The summed E-state index contributed by atoms with van der Waals surface area (Å²) in [4.78, 5) is 28.4. The second-order valence-corrected chi connectivity index (χ2v) is 9.19. The van der Waals surface area contributed by atoms with Crippen LogP contribution in [0.25, 0.3) is 0 Å². The van der Waals surface area contributed by atoms with Crippen molar-refractivity contribution in [3.05, 3.63) is 59.0 Å². The lowest BCUT2D eigenvalue weighted by molar-refractivity contribution is -0.121. The predicted molar refractivity (Wildman–Crippen MR) is 122 cm³/mol. The summed E-state index contributed by atoms with van der Waals surface area (Å²) in [7, 11) is 4.59. The topological polar surface area (TPSA) is 65.1 Å². The number of ether oxygens (including phenoxy) is 3. The number of Topliss-reactive ketones (excluding diaryl/α,β-unsaturated/α-hetero) is 1. The molecule has 0 radical (unpaired) electrons. The van der Waals surface area contributed by atoms with E-state index in [1.807, 2.05) is 13.8 Å². The molecule has 1 aliphatic heterocycles. The van der Waals surface area contributed by atoms with Crippen molar-refractivity contribution in [2.24, 2.45) is 5.41 Å². The van der Waals surface area contributed by atoms with Crippen molar-refractivity contribution in [2.75, 3.05) is 26.2 Å². The lowest BCUT2D eigenvalue weighted by Gasteiger charge is -2.43. The van der Waals surface area contributed by atoms with Gasteiger partial charge in [-0.15, -0.1) is 0 Å². The maximum absolute atomic E-state index is 14.8. The number of carbonyl (C=O) groups is 2. The summed E-state index contributed by atoms with van der Waals surface area (Å²) >= 11 is 0. The smallest absolute Gasteiger partial charge is 0.232 e. The molecule has 2 aromatic rings. The first-order chi connectivity index (χ1) is 15.7. The minimum atomic E-state index is -0.533. The van der Waals surface area contributed by atoms with Gasteiger partial charge < -0.3 is 14.2 Å². The molecule has 6 nitrogen and oxygen atoms in total. The Morgan fingerprint density at radius 3 is 2.21 bits per heavy atom. The maximum atomic E-state index is 14.8. The molecule has 1 aliphatic carbocycles. The number of hydrogen-bond acceptors (Lipinski definition) is 5. The zero-order valence-electron chi connectivity index (χ0n) is 19.5. The van der Waals surface area contributed by atoms with Crippen LogP contribution in [0.15, 0.2) is 47.7 Å². The minimum absolute atomic E-state index is 0.00514. The molecule has 7 heteroatoms. The minimum Gasteiger partial charge on any atom is -0.496 e. The first-order valence-corrected chi connectivity index (χ1v) is 10.8. The number of carbonyl (C=O) groups excluding carboxylic acids is 2. The second-order valence-electron chi connectivity index (χ2n) is 9.19. The number of halogens is 1. The summed E-state index contributed by atoms with van der Waals surface area (Å²) in [6, 6.07) is 9.61. The zero-order chi connectivity index (χ0) is 23.9. The molecule has 1 atom stereocenters. The van der Waals surface area contributed by atoms with Crippen LogP contribution in [0.4, 0.5) is 10.1 Å². The predicted octanol–water partition coefficient (Wildman–Crippen LogP) is 5.02. The number of methoxy groups -OCH3 is 3. The normalized spacial score (nSPS) is 19.9. The number of anilines is 1. The molecule has 2 aliphatic rings. The van der Waals surface area contributed by atoms with Gasteiger partial charge in [-0.2, -0.15) is 0 Å². The van der Waals surface area contributed by atoms with Gasteiger partial charge in [0.05, 0.1) is 27.0 Å². The zero-order valence-corrected chi connectivity index (χ0v) is 19.5. The number of benzene rings is 2. The SMILES string of the molecule is COc1cc(OC)c(C2CC(=O)N(c3ccccc3F)C3=C2C(=O)CC(C)(C)C3)cc1OC. The van der Waals surface area contributed by atoms with Crippen molar-refractivity contribution >= 4 is 17.4 Å². The third-order valence-corrected chi connectivity index (χ3v) is 6.35. The molecule has 0 spiro atoms.